The molecule has 1 spiro atoms. The molecule has 0 aromatic rings. The smallest absolute Gasteiger partial charge is 0.309 e. The van der Waals surface area contributed by atoms with Gasteiger partial charge in [0.2, 0.25) is 0 Å². The van der Waals surface area contributed by atoms with Crippen LogP contribution < -0.4 is 0 Å². The summed E-state index contributed by atoms with van der Waals surface area (Å²) < 4.78 is 11.2. The molecular weight excluding hydrogens is 384 g/mol. The van der Waals surface area contributed by atoms with Crippen molar-refractivity contribution in [2.24, 2.45) is 28.6 Å². The molecule has 0 radical (unpaired) electrons. The van der Waals surface area contributed by atoms with Crippen LogP contribution in [0.3, 0.4) is 0 Å². The quantitative estimate of drug-likeness (QED) is 0.661. The van der Waals surface area contributed by atoms with Crippen molar-refractivity contribution in [3.63, 3.8) is 0 Å². The van der Waals surface area contributed by atoms with Crippen molar-refractivity contribution < 1.29 is 29.0 Å². The SMILES string of the molecule is COC(=O)[C@@H]1CC2=CC(=O)CCC2(C)[C@@]2(O)CCC3(C)C(CCC34CCC(=O)O4)C12. The number of hydrogen-bond acceptors (Lipinski definition) is 6. The lowest BCUT2D eigenvalue weighted by Gasteiger charge is -2.64. The molecule has 6 nitrogen and oxygen atoms in total. The van der Waals surface area contributed by atoms with Crippen LogP contribution in [0.15, 0.2) is 11.6 Å². The number of fused-ring (bicyclic) bond motifs is 6. The molecule has 0 amide bonds. The molecule has 1 saturated heterocycles. The Labute approximate surface area is 177 Å². The summed E-state index contributed by atoms with van der Waals surface area (Å²) in [5.74, 6) is -1.05. The van der Waals surface area contributed by atoms with Crippen LogP contribution in [0.4, 0.5) is 0 Å². The fourth-order valence-electron chi connectivity index (χ4n) is 8.21. The largest absolute Gasteiger partial charge is 0.469 e. The van der Waals surface area contributed by atoms with Crippen molar-refractivity contribution in [3.8, 4) is 0 Å². The first-order valence-corrected chi connectivity index (χ1v) is 11.4. The Morgan fingerprint density at radius 3 is 2.57 bits per heavy atom. The second-order valence-corrected chi connectivity index (χ2v) is 10.8. The summed E-state index contributed by atoms with van der Waals surface area (Å²) in [5.41, 5.74) is -1.42. The summed E-state index contributed by atoms with van der Waals surface area (Å²) >= 11 is 0. The Morgan fingerprint density at radius 1 is 1.13 bits per heavy atom. The number of rotatable bonds is 1. The predicted molar refractivity (Wildman–Crippen MR) is 107 cm³/mol. The highest BCUT2D eigenvalue weighted by Crippen LogP contribution is 2.71. The molecule has 5 rings (SSSR count). The van der Waals surface area contributed by atoms with Crippen molar-refractivity contribution in [1.29, 1.82) is 0 Å². The minimum absolute atomic E-state index is 0.0715. The number of hydrogen-bond donors (Lipinski definition) is 1. The van der Waals surface area contributed by atoms with Crippen molar-refractivity contribution in [2.75, 3.05) is 7.11 Å². The average Bonchev–Trinajstić information content (AvgIpc) is 3.23. The maximum Gasteiger partial charge on any atom is 0.309 e. The zero-order valence-electron chi connectivity index (χ0n) is 18.2. The molecule has 4 fully saturated rings. The maximum atomic E-state index is 13.0. The van der Waals surface area contributed by atoms with E-state index in [1.165, 1.54) is 7.11 Å². The van der Waals surface area contributed by atoms with Gasteiger partial charge in [-0.25, -0.2) is 0 Å². The van der Waals surface area contributed by atoms with E-state index in [2.05, 4.69) is 13.8 Å². The van der Waals surface area contributed by atoms with E-state index in [4.69, 9.17) is 9.47 Å². The fourth-order valence-corrected chi connectivity index (χ4v) is 8.21. The Morgan fingerprint density at radius 2 is 1.90 bits per heavy atom. The van der Waals surface area contributed by atoms with E-state index >= 15 is 0 Å². The molecule has 0 bridgehead atoms. The lowest BCUT2D eigenvalue weighted by Crippen LogP contribution is -2.67. The lowest BCUT2D eigenvalue weighted by atomic mass is 9.42. The Hall–Kier alpha value is -1.69. The third kappa shape index (κ3) is 2.26. The number of ketones is 1. The topological polar surface area (TPSA) is 89.9 Å². The van der Waals surface area contributed by atoms with E-state index in [0.717, 1.165) is 31.3 Å². The molecule has 164 valence electrons. The molecule has 3 saturated carbocycles. The van der Waals surface area contributed by atoms with Crippen LogP contribution in [0, 0.1) is 28.6 Å². The third-order valence-electron chi connectivity index (χ3n) is 10.0. The molecule has 0 aromatic heterocycles. The highest BCUT2D eigenvalue weighted by Gasteiger charge is 2.73. The molecule has 30 heavy (non-hydrogen) atoms. The van der Waals surface area contributed by atoms with Gasteiger partial charge in [0.25, 0.3) is 0 Å². The van der Waals surface area contributed by atoms with Gasteiger partial charge in [-0.1, -0.05) is 19.4 Å². The zero-order chi connectivity index (χ0) is 21.5. The lowest BCUT2D eigenvalue weighted by molar-refractivity contribution is -0.229. The monoisotopic (exact) mass is 416 g/mol. The summed E-state index contributed by atoms with van der Waals surface area (Å²) in [4.78, 5) is 37.2. The Kier molecular flexibility index (Phi) is 4.17. The van der Waals surface area contributed by atoms with Crippen LogP contribution in [0.5, 0.6) is 0 Å². The normalized spacial score (nSPS) is 49.7. The summed E-state index contributed by atoms with van der Waals surface area (Å²) in [5, 5.41) is 12.3. The van der Waals surface area contributed by atoms with Crippen molar-refractivity contribution in [3.05, 3.63) is 11.6 Å². The number of aliphatic hydroxyl groups is 1. The minimum Gasteiger partial charge on any atom is -0.469 e. The van der Waals surface area contributed by atoms with Gasteiger partial charge >= 0.3 is 11.9 Å². The van der Waals surface area contributed by atoms with Gasteiger partial charge < -0.3 is 14.6 Å². The number of carbonyl (C=O) groups excluding carboxylic acids is 3. The minimum atomic E-state index is -1.07. The summed E-state index contributed by atoms with van der Waals surface area (Å²) in [7, 11) is 1.40. The first kappa shape index (κ1) is 20.2. The van der Waals surface area contributed by atoms with Crippen LogP contribution in [-0.2, 0) is 23.9 Å². The number of methoxy groups -OCH3 is 1. The highest BCUT2D eigenvalue weighted by atomic mass is 16.6. The number of carbonyl (C=O) groups is 3. The molecule has 5 aliphatic rings. The van der Waals surface area contributed by atoms with E-state index in [1.807, 2.05) is 0 Å². The van der Waals surface area contributed by atoms with Crippen LogP contribution >= 0.6 is 0 Å². The summed E-state index contributed by atoms with van der Waals surface area (Å²) in [6, 6.07) is 0. The van der Waals surface area contributed by atoms with E-state index in [-0.39, 0.29) is 35.0 Å². The predicted octanol–water partition coefficient (Wildman–Crippen LogP) is 3.11. The van der Waals surface area contributed by atoms with Gasteiger partial charge in [0.05, 0.1) is 18.6 Å². The molecule has 0 aromatic carbocycles. The standard InChI is InChI=1S/C24H32O6/c1-21-7-4-15(25)12-14(21)13-16(20(27)29-3)19-17-5-8-23(9-6-18(26)30-23)22(17,2)10-11-24(19,21)28/h12,16-17,19,28H,4-11,13H2,1-3H3/t16-,17?,19?,21?,22?,23?,24-/m1/s1. The highest BCUT2D eigenvalue weighted by molar-refractivity contribution is 5.92. The van der Waals surface area contributed by atoms with Crippen LogP contribution in [0.25, 0.3) is 0 Å². The molecule has 1 aliphatic heterocycles. The molecule has 6 heteroatoms. The van der Waals surface area contributed by atoms with Gasteiger partial charge in [-0.05, 0) is 56.9 Å². The van der Waals surface area contributed by atoms with E-state index in [9.17, 15) is 19.5 Å². The van der Waals surface area contributed by atoms with E-state index in [0.29, 0.717) is 32.1 Å². The van der Waals surface area contributed by atoms with Gasteiger partial charge in [0.1, 0.15) is 5.60 Å². The second-order valence-electron chi connectivity index (χ2n) is 10.8. The van der Waals surface area contributed by atoms with Crippen LogP contribution in [0.1, 0.15) is 71.6 Å². The first-order valence-electron chi connectivity index (χ1n) is 11.4. The Bertz CT molecular complexity index is 862. The summed E-state index contributed by atoms with van der Waals surface area (Å²) in [6.07, 6.45) is 7.27. The average molecular weight is 417 g/mol. The number of ether oxygens (including phenoxy) is 2. The van der Waals surface area contributed by atoms with Crippen molar-refractivity contribution in [2.45, 2.75) is 82.8 Å². The Balaban J connectivity index is 1.63. The molecular formula is C24H32O6. The maximum absolute atomic E-state index is 13.0. The van der Waals surface area contributed by atoms with Gasteiger partial charge in [-0.2, -0.15) is 0 Å². The molecule has 7 atom stereocenters. The molecule has 5 unspecified atom stereocenters. The first-order chi connectivity index (χ1) is 14.1. The van der Waals surface area contributed by atoms with Crippen LogP contribution in [-0.4, -0.2) is 41.1 Å². The van der Waals surface area contributed by atoms with Gasteiger partial charge in [0.15, 0.2) is 5.78 Å². The van der Waals surface area contributed by atoms with Crippen molar-refractivity contribution in [1.82, 2.24) is 0 Å². The van der Waals surface area contributed by atoms with Crippen LogP contribution in [0.2, 0.25) is 0 Å². The molecule has 1 N–H and O–H groups in total. The van der Waals surface area contributed by atoms with Gasteiger partial charge in [-0.3, -0.25) is 14.4 Å². The van der Waals surface area contributed by atoms with Gasteiger partial charge in [0, 0.05) is 29.6 Å². The third-order valence-corrected chi connectivity index (χ3v) is 10.0. The summed E-state index contributed by atoms with van der Waals surface area (Å²) in [6.45, 7) is 4.28. The molecule has 4 aliphatic carbocycles. The molecule has 1 heterocycles. The van der Waals surface area contributed by atoms with E-state index < -0.39 is 22.5 Å². The fraction of sp³-hybridized carbons (Fsp3) is 0.792. The van der Waals surface area contributed by atoms with E-state index in [1.54, 1.807) is 6.08 Å². The van der Waals surface area contributed by atoms with Crippen molar-refractivity contribution >= 4 is 17.7 Å². The van der Waals surface area contributed by atoms with Gasteiger partial charge in [-0.15, -0.1) is 0 Å². The second kappa shape index (κ2) is 6.18. The number of esters is 2. The zero-order valence-corrected chi connectivity index (χ0v) is 18.2.